The molecular formula is C24H30N2O4S. The quantitative estimate of drug-likeness (QED) is 0.646. The number of hydrogen-bond donors (Lipinski definition) is 1. The fourth-order valence-electron chi connectivity index (χ4n) is 4.15. The van der Waals surface area contributed by atoms with Crippen LogP contribution in [0.4, 0.5) is 5.69 Å². The molecule has 2 aromatic rings. The topological polar surface area (TPSA) is 75.7 Å². The van der Waals surface area contributed by atoms with E-state index in [1.807, 2.05) is 49.5 Å². The molecule has 1 aliphatic rings. The highest BCUT2D eigenvalue weighted by atomic mass is 32.2. The summed E-state index contributed by atoms with van der Waals surface area (Å²) < 4.78 is 19.3. The largest absolute Gasteiger partial charge is 0.465 e. The van der Waals surface area contributed by atoms with Crippen LogP contribution in [0, 0.1) is 0 Å². The minimum Gasteiger partial charge on any atom is -0.465 e. The van der Waals surface area contributed by atoms with Crippen molar-refractivity contribution in [2.75, 3.05) is 19.5 Å². The molecule has 166 valence electrons. The molecule has 1 unspecified atom stereocenters. The average Bonchev–Trinajstić information content (AvgIpc) is 3.27. The summed E-state index contributed by atoms with van der Waals surface area (Å²) in [5, 5.41) is 2.98. The number of nitrogens with one attached hydrogen (secondary N) is 1. The summed E-state index contributed by atoms with van der Waals surface area (Å²) in [5.74, 6) is -0.438. The van der Waals surface area contributed by atoms with Crippen molar-refractivity contribution in [2.24, 2.45) is 0 Å². The number of amides is 1. The van der Waals surface area contributed by atoms with E-state index in [2.05, 4.69) is 5.32 Å². The average molecular weight is 443 g/mol. The lowest BCUT2D eigenvalue weighted by Crippen LogP contribution is -2.38. The van der Waals surface area contributed by atoms with E-state index in [0.29, 0.717) is 22.7 Å². The number of benzene rings is 2. The lowest BCUT2D eigenvalue weighted by Gasteiger charge is -2.30. The van der Waals surface area contributed by atoms with Gasteiger partial charge in [-0.05, 0) is 62.6 Å². The fraction of sp³-hybridized carbons (Fsp3) is 0.417. The normalized spacial score (nSPS) is 19.4. The van der Waals surface area contributed by atoms with Crippen molar-refractivity contribution in [1.82, 2.24) is 4.31 Å². The van der Waals surface area contributed by atoms with E-state index < -0.39 is 17.0 Å². The second-order valence-electron chi connectivity index (χ2n) is 8.12. The summed E-state index contributed by atoms with van der Waals surface area (Å²) in [6.45, 7) is 3.96. The number of hydrogen-bond acceptors (Lipinski definition) is 4. The zero-order chi connectivity index (χ0) is 22.5. The SMILES string of the molecule is COC(=O)c1cccc(C(=O)Nc2ccc([C@H]3CCC[C@H]3N(C)S(=O)C(C)C)cc2)c1. The molecule has 6 nitrogen and oxygen atoms in total. The third-order valence-electron chi connectivity index (χ3n) is 5.78. The van der Waals surface area contributed by atoms with Crippen molar-refractivity contribution >= 4 is 28.5 Å². The molecule has 31 heavy (non-hydrogen) atoms. The molecule has 1 amide bonds. The molecule has 0 aliphatic heterocycles. The number of carbonyl (C=O) groups excluding carboxylic acids is 2. The summed E-state index contributed by atoms with van der Waals surface area (Å²) in [6, 6.07) is 14.6. The molecule has 3 atom stereocenters. The van der Waals surface area contributed by atoms with Crippen LogP contribution >= 0.6 is 0 Å². The van der Waals surface area contributed by atoms with Gasteiger partial charge in [-0.25, -0.2) is 13.3 Å². The van der Waals surface area contributed by atoms with Gasteiger partial charge in [0.15, 0.2) is 0 Å². The maximum atomic E-state index is 12.6. The zero-order valence-electron chi connectivity index (χ0n) is 18.5. The highest BCUT2D eigenvalue weighted by molar-refractivity contribution is 7.83. The smallest absolute Gasteiger partial charge is 0.337 e. The minimum atomic E-state index is -0.997. The standard InChI is InChI=1S/C24H30N2O4S/c1-16(2)31(29)26(3)22-10-6-9-21(22)17-11-13-20(14-12-17)25-23(27)18-7-5-8-19(15-18)24(28)30-4/h5,7-8,11-16,21-22H,6,9-10H2,1-4H3,(H,25,27)/t21-,22-,31?/m1/s1. The number of carbonyl (C=O) groups is 2. The molecule has 7 heteroatoms. The van der Waals surface area contributed by atoms with Gasteiger partial charge in [-0.3, -0.25) is 4.79 Å². The van der Waals surface area contributed by atoms with E-state index in [-0.39, 0.29) is 17.2 Å². The van der Waals surface area contributed by atoms with Crippen LogP contribution in [0.2, 0.25) is 0 Å². The van der Waals surface area contributed by atoms with Crippen molar-refractivity contribution in [3.63, 3.8) is 0 Å². The Balaban J connectivity index is 1.69. The van der Waals surface area contributed by atoms with Crippen molar-refractivity contribution in [1.29, 1.82) is 0 Å². The van der Waals surface area contributed by atoms with E-state index >= 15 is 0 Å². The predicted octanol–water partition coefficient (Wildman–Crippen LogP) is 4.37. The van der Waals surface area contributed by atoms with E-state index in [9.17, 15) is 13.8 Å². The molecular weight excluding hydrogens is 412 g/mol. The Kier molecular flexibility index (Phi) is 7.62. The fourth-order valence-corrected chi connectivity index (χ4v) is 5.34. The Hall–Kier alpha value is -2.51. The maximum Gasteiger partial charge on any atom is 0.337 e. The summed E-state index contributed by atoms with van der Waals surface area (Å²) in [6.07, 6.45) is 3.22. The first kappa shape index (κ1) is 23.2. The molecule has 3 rings (SSSR count). The third-order valence-corrected chi connectivity index (χ3v) is 7.42. The summed E-state index contributed by atoms with van der Waals surface area (Å²) >= 11 is 0. The van der Waals surface area contributed by atoms with Gasteiger partial charge in [-0.2, -0.15) is 0 Å². The summed E-state index contributed by atoms with van der Waals surface area (Å²) in [5.41, 5.74) is 2.60. The zero-order valence-corrected chi connectivity index (χ0v) is 19.3. The Morgan fingerprint density at radius 3 is 2.42 bits per heavy atom. The van der Waals surface area contributed by atoms with E-state index in [1.54, 1.807) is 18.2 Å². The van der Waals surface area contributed by atoms with Gasteiger partial charge in [0.25, 0.3) is 5.91 Å². The number of anilines is 1. The maximum absolute atomic E-state index is 12.6. The lowest BCUT2D eigenvalue weighted by molar-refractivity contribution is 0.0600. The monoisotopic (exact) mass is 442 g/mol. The molecule has 0 radical (unpaired) electrons. The van der Waals surface area contributed by atoms with Crippen LogP contribution in [-0.4, -0.2) is 45.8 Å². The van der Waals surface area contributed by atoms with Crippen LogP contribution in [0.1, 0.15) is 65.3 Å². The first-order valence-electron chi connectivity index (χ1n) is 10.5. The van der Waals surface area contributed by atoms with Crippen molar-refractivity contribution in [3.05, 3.63) is 65.2 Å². The van der Waals surface area contributed by atoms with Crippen LogP contribution in [0.3, 0.4) is 0 Å². The van der Waals surface area contributed by atoms with Gasteiger partial charge in [-0.15, -0.1) is 0 Å². The molecule has 1 aliphatic carbocycles. The number of nitrogens with zero attached hydrogens (tertiary/aromatic N) is 1. The molecule has 1 N–H and O–H groups in total. The molecule has 0 saturated heterocycles. The van der Waals surface area contributed by atoms with E-state index in [1.165, 1.54) is 18.7 Å². The molecule has 0 heterocycles. The Labute approximate surface area is 186 Å². The summed E-state index contributed by atoms with van der Waals surface area (Å²) in [7, 11) is 2.27. The third kappa shape index (κ3) is 5.40. The highest BCUT2D eigenvalue weighted by Crippen LogP contribution is 2.38. The lowest BCUT2D eigenvalue weighted by atomic mass is 9.94. The first-order chi connectivity index (χ1) is 14.8. The highest BCUT2D eigenvalue weighted by Gasteiger charge is 2.34. The number of methoxy groups -OCH3 is 1. The van der Waals surface area contributed by atoms with Crippen LogP contribution in [0.15, 0.2) is 48.5 Å². The second kappa shape index (κ2) is 10.2. The van der Waals surface area contributed by atoms with Crippen LogP contribution < -0.4 is 5.32 Å². The molecule has 0 bridgehead atoms. The number of esters is 1. The molecule has 1 fully saturated rings. The van der Waals surface area contributed by atoms with Crippen LogP contribution in [0.5, 0.6) is 0 Å². The molecule has 1 saturated carbocycles. The van der Waals surface area contributed by atoms with Crippen molar-refractivity contribution in [3.8, 4) is 0 Å². The van der Waals surface area contributed by atoms with Crippen LogP contribution in [0.25, 0.3) is 0 Å². The Morgan fingerprint density at radius 1 is 1.10 bits per heavy atom. The molecule has 0 spiro atoms. The van der Waals surface area contributed by atoms with Crippen molar-refractivity contribution < 1.29 is 18.5 Å². The minimum absolute atomic E-state index is 0.0986. The van der Waals surface area contributed by atoms with Gasteiger partial charge in [0.2, 0.25) is 0 Å². The van der Waals surface area contributed by atoms with E-state index in [0.717, 1.165) is 19.3 Å². The number of likely N-dealkylation sites (N-methyl/N-ethyl adjacent to an activating group) is 1. The first-order valence-corrected chi connectivity index (χ1v) is 11.7. The van der Waals surface area contributed by atoms with Crippen molar-refractivity contribution in [2.45, 2.75) is 50.3 Å². The van der Waals surface area contributed by atoms with Gasteiger partial charge in [-0.1, -0.05) is 24.6 Å². The van der Waals surface area contributed by atoms with Gasteiger partial charge >= 0.3 is 5.97 Å². The van der Waals surface area contributed by atoms with Gasteiger partial charge < -0.3 is 10.1 Å². The van der Waals surface area contributed by atoms with Gasteiger partial charge in [0.05, 0.1) is 23.7 Å². The van der Waals surface area contributed by atoms with Gasteiger partial charge in [0.1, 0.15) is 0 Å². The van der Waals surface area contributed by atoms with Gasteiger partial charge in [0, 0.05) is 35.5 Å². The summed E-state index contributed by atoms with van der Waals surface area (Å²) in [4.78, 5) is 24.3. The Morgan fingerprint density at radius 2 is 1.77 bits per heavy atom. The van der Waals surface area contributed by atoms with Crippen LogP contribution in [-0.2, 0) is 15.7 Å². The van der Waals surface area contributed by atoms with E-state index in [4.69, 9.17) is 4.74 Å². The second-order valence-corrected chi connectivity index (χ2v) is 10.2. The number of rotatable bonds is 7. The molecule has 0 aromatic heterocycles. The Bertz CT molecular complexity index is 958. The predicted molar refractivity (Wildman–Crippen MR) is 124 cm³/mol. The number of ether oxygens (including phenoxy) is 1. The molecule has 2 aromatic carbocycles.